The van der Waals surface area contributed by atoms with Crippen LogP contribution in [-0.4, -0.2) is 38.1 Å². The van der Waals surface area contributed by atoms with Crippen LogP contribution in [0.2, 0.25) is 0 Å². The van der Waals surface area contributed by atoms with E-state index in [1.165, 1.54) is 11.8 Å². The summed E-state index contributed by atoms with van der Waals surface area (Å²) in [6.45, 7) is 6.84. The van der Waals surface area contributed by atoms with Gasteiger partial charge in [-0.15, -0.1) is 0 Å². The average molecular weight is 478 g/mol. The molecule has 0 bridgehead atoms. The number of hydrogen-bond acceptors (Lipinski definition) is 6. The van der Waals surface area contributed by atoms with Gasteiger partial charge in [-0.05, 0) is 55.7 Å². The number of nitrogens with zero attached hydrogens (tertiary/aromatic N) is 4. The van der Waals surface area contributed by atoms with Gasteiger partial charge in [-0.2, -0.15) is 5.10 Å². The lowest BCUT2D eigenvalue weighted by atomic mass is 10.1. The van der Waals surface area contributed by atoms with Gasteiger partial charge in [-0.1, -0.05) is 36.0 Å². The molecule has 0 fully saturated rings. The summed E-state index contributed by atoms with van der Waals surface area (Å²) in [5.74, 6) is 0.702. The van der Waals surface area contributed by atoms with Crippen molar-refractivity contribution < 1.29 is 9.53 Å². The third-order valence-corrected chi connectivity index (χ3v) is 6.44. The maximum atomic E-state index is 13.3. The van der Waals surface area contributed by atoms with E-state index in [-0.39, 0.29) is 17.2 Å². The molecule has 34 heavy (non-hydrogen) atoms. The Bertz CT molecular complexity index is 1390. The third kappa shape index (κ3) is 5.14. The minimum absolute atomic E-state index is 0.121. The molecule has 2 aromatic heterocycles. The lowest BCUT2D eigenvalue weighted by Crippen LogP contribution is -2.25. The van der Waals surface area contributed by atoms with Crippen molar-refractivity contribution in [2.24, 2.45) is 0 Å². The van der Waals surface area contributed by atoms with Crippen LogP contribution in [0.1, 0.15) is 23.6 Å². The molecule has 1 N–H and O–H groups in total. The molecule has 0 aliphatic carbocycles. The zero-order valence-corrected chi connectivity index (χ0v) is 20.5. The number of hydrogen-bond donors (Lipinski definition) is 1. The van der Waals surface area contributed by atoms with E-state index in [4.69, 9.17) is 4.74 Å². The standard InChI is InChI=1S/C25H27N5O3S/c1-5-29-14-21-23(28-29)24(32)30(13-18-8-10-19(33-4)11-9-18)25(27-21)34-15-22(31)26-20-12-16(2)6-7-17(20)3/h6-12,14H,5,13,15H2,1-4H3,(H,26,31). The first kappa shape index (κ1) is 23.6. The summed E-state index contributed by atoms with van der Waals surface area (Å²) in [6.07, 6.45) is 1.76. The van der Waals surface area contributed by atoms with Gasteiger partial charge in [0.1, 0.15) is 11.3 Å². The van der Waals surface area contributed by atoms with E-state index in [2.05, 4.69) is 15.4 Å². The van der Waals surface area contributed by atoms with Crippen LogP contribution in [0.5, 0.6) is 5.75 Å². The van der Waals surface area contributed by atoms with E-state index < -0.39 is 0 Å². The SMILES string of the molecule is CCn1cc2nc(SCC(=O)Nc3cc(C)ccc3C)n(Cc3ccc(OC)cc3)c(=O)c2n1. The minimum atomic E-state index is -0.231. The number of nitrogens with one attached hydrogen (secondary N) is 1. The van der Waals surface area contributed by atoms with Gasteiger partial charge < -0.3 is 10.1 Å². The number of thioether (sulfide) groups is 1. The normalized spacial score (nSPS) is 11.1. The molecule has 176 valence electrons. The van der Waals surface area contributed by atoms with E-state index in [1.807, 2.05) is 63.2 Å². The Hall–Kier alpha value is -3.59. The van der Waals surface area contributed by atoms with Gasteiger partial charge in [0, 0.05) is 12.2 Å². The summed E-state index contributed by atoms with van der Waals surface area (Å²) < 4.78 is 8.50. The molecule has 1 amide bonds. The van der Waals surface area contributed by atoms with Crippen molar-refractivity contribution >= 4 is 34.4 Å². The van der Waals surface area contributed by atoms with Crippen LogP contribution >= 0.6 is 11.8 Å². The van der Waals surface area contributed by atoms with Crippen LogP contribution < -0.4 is 15.6 Å². The fourth-order valence-electron chi connectivity index (χ4n) is 3.54. The summed E-state index contributed by atoms with van der Waals surface area (Å²) in [7, 11) is 1.61. The molecule has 0 saturated heterocycles. The highest BCUT2D eigenvalue weighted by Crippen LogP contribution is 2.21. The number of ether oxygens (including phenoxy) is 1. The quantitative estimate of drug-likeness (QED) is 0.305. The van der Waals surface area contributed by atoms with Crippen molar-refractivity contribution in [3.63, 3.8) is 0 Å². The average Bonchev–Trinajstić information content (AvgIpc) is 3.26. The largest absolute Gasteiger partial charge is 0.497 e. The predicted molar refractivity (Wildman–Crippen MR) is 135 cm³/mol. The predicted octanol–water partition coefficient (Wildman–Crippen LogP) is 4.02. The monoisotopic (exact) mass is 477 g/mol. The van der Waals surface area contributed by atoms with Crippen molar-refractivity contribution in [1.82, 2.24) is 19.3 Å². The third-order valence-electron chi connectivity index (χ3n) is 5.46. The van der Waals surface area contributed by atoms with Gasteiger partial charge in [-0.3, -0.25) is 18.8 Å². The summed E-state index contributed by atoms with van der Waals surface area (Å²) in [6, 6.07) is 13.4. The first-order chi connectivity index (χ1) is 16.4. The highest BCUT2D eigenvalue weighted by atomic mass is 32.2. The molecule has 9 heteroatoms. The summed E-state index contributed by atoms with van der Waals surface area (Å²) >= 11 is 1.24. The van der Waals surface area contributed by atoms with Crippen LogP contribution in [0, 0.1) is 13.8 Å². The molecule has 8 nitrogen and oxygen atoms in total. The van der Waals surface area contributed by atoms with Gasteiger partial charge >= 0.3 is 0 Å². The minimum Gasteiger partial charge on any atom is -0.497 e. The Labute approximate surface area is 202 Å². The zero-order chi connectivity index (χ0) is 24.2. The van der Waals surface area contributed by atoms with E-state index in [1.54, 1.807) is 22.6 Å². The van der Waals surface area contributed by atoms with E-state index in [0.717, 1.165) is 28.1 Å². The lowest BCUT2D eigenvalue weighted by Gasteiger charge is -2.13. The smallest absolute Gasteiger partial charge is 0.282 e. The maximum absolute atomic E-state index is 13.3. The first-order valence-corrected chi connectivity index (χ1v) is 12.0. The van der Waals surface area contributed by atoms with Crippen molar-refractivity contribution in [1.29, 1.82) is 0 Å². The van der Waals surface area contributed by atoms with E-state index >= 15 is 0 Å². The second kappa shape index (κ2) is 10.1. The van der Waals surface area contributed by atoms with Gasteiger partial charge in [0.25, 0.3) is 5.56 Å². The molecule has 2 heterocycles. The molecular formula is C25H27N5O3S. The number of carbonyl (C=O) groups is 1. The Morgan fingerprint density at radius 2 is 1.91 bits per heavy atom. The topological polar surface area (TPSA) is 91.0 Å². The van der Waals surface area contributed by atoms with Gasteiger partial charge in [0.2, 0.25) is 5.91 Å². The molecule has 0 aliphatic heterocycles. The second-order valence-corrected chi connectivity index (χ2v) is 8.95. The van der Waals surface area contributed by atoms with Gasteiger partial charge in [0.15, 0.2) is 10.7 Å². The van der Waals surface area contributed by atoms with Gasteiger partial charge in [-0.25, -0.2) is 4.98 Å². The highest BCUT2D eigenvalue weighted by molar-refractivity contribution is 7.99. The molecule has 0 atom stereocenters. The zero-order valence-electron chi connectivity index (χ0n) is 19.7. The Balaban J connectivity index is 1.62. The number of fused-ring (bicyclic) bond motifs is 1. The first-order valence-electron chi connectivity index (χ1n) is 11.0. The number of aryl methyl sites for hydroxylation is 3. The molecule has 0 aliphatic rings. The highest BCUT2D eigenvalue weighted by Gasteiger charge is 2.17. The number of anilines is 1. The molecule has 2 aromatic carbocycles. The molecule has 0 radical (unpaired) electrons. The molecule has 4 rings (SSSR count). The lowest BCUT2D eigenvalue weighted by molar-refractivity contribution is -0.113. The summed E-state index contributed by atoms with van der Waals surface area (Å²) in [4.78, 5) is 30.7. The number of methoxy groups -OCH3 is 1. The fourth-order valence-corrected chi connectivity index (χ4v) is 4.33. The fraction of sp³-hybridized carbons (Fsp3) is 0.280. The van der Waals surface area contributed by atoms with Gasteiger partial charge in [0.05, 0.1) is 25.6 Å². The van der Waals surface area contributed by atoms with Crippen molar-refractivity contribution in [3.05, 3.63) is 75.7 Å². The van der Waals surface area contributed by atoms with Crippen LogP contribution in [0.15, 0.2) is 58.6 Å². The molecular weight excluding hydrogens is 450 g/mol. The van der Waals surface area contributed by atoms with E-state index in [9.17, 15) is 9.59 Å². The van der Waals surface area contributed by atoms with E-state index in [0.29, 0.717) is 29.3 Å². The maximum Gasteiger partial charge on any atom is 0.282 e. The Morgan fingerprint density at radius 1 is 1.15 bits per heavy atom. The van der Waals surface area contributed by atoms with Crippen molar-refractivity contribution in [3.8, 4) is 5.75 Å². The number of aromatic nitrogens is 4. The molecule has 0 spiro atoms. The second-order valence-electron chi connectivity index (χ2n) is 8.01. The Morgan fingerprint density at radius 3 is 2.62 bits per heavy atom. The number of rotatable bonds is 8. The number of carbonyl (C=O) groups excluding carboxylic acids is 1. The van der Waals surface area contributed by atoms with Crippen molar-refractivity contribution in [2.45, 2.75) is 39.0 Å². The number of amides is 1. The van der Waals surface area contributed by atoms with Crippen LogP contribution in [0.3, 0.4) is 0 Å². The molecule has 0 saturated carbocycles. The van der Waals surface area contributed by atoms with Crippen LogP contribution in [0.25, 0.3) is 11.0 Å². The summed E-state index contributed by atoms with van der Waals surface area (Å²) in [5, 5.41) is 7.82. The Kier molecular flexibility index (Phi) is 7.02. The van der Waals surface area contributed by atoms with Crippen LogP contribution in [-0.2, 0) is 17.9 Å². The summed E-state index contributed by atoms with van der Waals surface area (Å²) in [5.41, 5.74) is 4.38. The molecule has 4 aromatic rings. The number of benzene rings is 2. The van der Waals surface area contributed by atoms with Crippen molar-refractivity contribution in [2.75, 3.05) is 18.2 Å². The van der Waals surface area contributed by atoms with Crippen LogP contribution in [0.4, 0.5) is 5.69 Å². The molecule has 0 unspecified atom stereocenters.